The van der Waals surface area contributed by atoms with Crippen LogP contribution in [-0.2, 0) is 0 Å². The SMILES string of the molecule is Cl.N[C@H](CCO)c1cccc(F)c1Br. The van der Waals surface area contributed by atoms with Gasteiger partial charge in [0.2, 0.25) is 0 Å². The van der Waals surface area contributed by atoms with Crippen LogP contribution in [0.3, 0.4) is 0 Å². The highest BCUT2D eigenvalue weighted by Gasteiger charge is 2.11. The lowest BCUT2D eigenvalue weighted by Gasteiger charge is -2.12. The highest BCUT2D eigenvalue weighted by Crippen LogP contribution is 2.26. The summed E-state index contributed by atoms with van der Waals surface area (Å²) < 4.78 is 13.4. The van der Waals surface area contributed by atoms with Crippen molar-refractivity contribution in [2.75, 3.05) is 6.61 Å². The molecule has 0 bridgehead atoms. The van der Waals surface area contributed by atoms with Crippen LogP contribution in [0.4, 0.5) is 4.39 Å². The van der Waals surface area contributed by atoms with Crippen LogP contribution in [0.5, 0.6) is 0 Å². The summed E-state index contributed by atoms with van der Waals surface area (Å²) in [4.78, 5) is 0. The number of benzene rings is 1. The van der Waals surface area contributed by atoms with Crippen LogP contribution >= 0.6 is 28.3 Å². The molecule has 80 valence electrons. The molecule has 0 saturated carbocycles. The maximum atomic E-state index is 13.0. The summed E-state index contributed by atoms with van der Waals surface area (Å²) in [6.07, 6.45) is 0.433. The standard InChI is InChI=1S/C9H11BrFNO.ClH/c10-9-6(8(12)4-5-13)2-1-3-7(9)11;/h1-3,8,13H,4-5,12H2;1H/t8-;/m1./s1. The van der Waals surface area contributed by atoms with E-state index in [1.165, 1.54) is 6.07 Å². The van der Waals surface area contributed by atoms with Crippen LogP contribution in [0.25, 0.3) is 0 Å². The minimum Gasteiger partial charge on any atom is -0.396 e. The Morgan fingerprint density at radius 2 is 2.14 bits per heavy atom. The molecule has 1 rings (SSSR count). The third-order valence-corrected chi connectivity index (χ3v) is 2.66. The van der Waals surface area contributed by atoms with Gasteiger partial charge in [0.15, 0.2) is 0 Å². The highest BCUT2D eigenvalue weighted by molar-refractivity contribution is 9.10. The molecule has 0 aliphatic carbocycles. The van der Waals surface area contributed by atoms with E-state index in [-0.39, 0.29) is 30.9 Å². The van der Waals surface area contributed by atoms with E-state index in [9.17, 15) is 4.39 Å². The quantitative estimate of drug-likeness (QED) is 0.895. The fourth-order valence-corrected chi connectivity index (χ4v) is 1.66. The van der Waals surface area contributed by atoms with Gasteiger partial charge in [-0.05, 0) is 34.0 Å². The number of aliphatic hydroxyl groups is 1. The van der Waals surface area contributed by atoms with Crippen molar-refractivity contribution in [1.82, 2.24) is 0 Å². The number of nitrogens with two attached hydrogens (primary N) is 1. The van der Waals surface area contributed by atoms with Crippen LogP contribution in [-0.4, -0.2) is 11.7 Å². The van der Waals surface area contributed by atoms with Gasteiger partial charge in [0.1, 0.15) is 5.82 Å². The van der Waals surface area contributed by atoms with Crippen LogP contribution in [0.15, 0.2) is 22.7 Å². The lowest BCUT2D eigenvalue weighted by molar-refractivity contribution is 0.276. The second-order valence-electron chi connectivity index (χ2n) is 2.76. The minimum absolute atomic E-state index is 0. The molecule has 0 radical (unpaired) electrons. The van der Waals surface area contributed by atoms with Crippen LogP contribution < -0.4 is 5.73 Å². The van der Waals surface area contributed by atoms with Gasteiger partial charge < -0.3 is 10.8 Å². The Kier molecular flexibility index (Phi) is 6.27. The lowest BCUT2D eigenvalue weighted by Crippen LogP contribution is -2.12. The average molecular weight is 285 g/mol. The van der Waals surface area contributed by atoms with E-state index in [2.05, 4.69) is 15.9 Å². The van der Waals surface area contributed by atoms with Crippen molar-refractivity contribution >= 4 is 28.3 Å². The monoisotopic (exact) mass is 283 g/mol. The summed E-state index contributed by atoms with van der Waals surface area (Å²) in [6, 6.07) is 4.38. The fourth-order valence-electron chi connectivity index (χ4n) is 1.10. The summed E-state index contributed by atoms with van der Waals surface area (Å²) in [6.45, 7) is 0.00409. The normalized spacial score (nSPS) is 12.0. The van der Waals surface area contributed by atoms with Crippen molar-refractivity contribution in [3.63, 3.8) is 0 Å². The highest BCUT2D eigenvalue weighted by atomic mass is 79.9. The van der Waals surface area contributed by atoms with Gasteiger partial charge in [-0.3, -0.25) is 0 Å². The number of aliphatic hydroxyl groups excluding tert-OH is 1. The second kappa shape index (κ2) is 6.35. The molecule has 3 N–H and O–H groups in total. The zero-order valence-electron chi connectivity index (χ0n) is 7.41. The molecule has 0 aliphatic heterocycles. The second-order valence-corrected chi connectivity index (χ2v) is 3.55. The molecular weight excluding hydrogens is 272 g/mol. The first-order chi connectivity index (χ1) is 6.16. The summed E-state index contributed by atoms with van der Waals surface area (Å²) in [5.41, 5.74) is 6.41. The Morgan fingerprint density at radius 3 is 2.71 bits per heavy atom. The minimum atomic E-state index is -0.328. The summed E-state index contributed by atoms with van der Waals surface area (Å²) in [7, 11) is 0. The van der Waals surface area contributed by atoms with Crippen molar-refractivity contribution in [2.24, 2.45) is 5.73 Å². The first-order valence-electron chi connectivity index (χ1n) is 3.97. The molecule has 1 aromatic carbocycles. The number of hydrogen-bond acceptors (Lipinski definition) is 2. The molecule has 5 heteroatoms. The van der Waals surface area contributed by atoms with Crippen LogP contribution in [0, 0.1) is 5.82 Å². The molecule has 2 nitrogen and oxygen atoms in total. The third-order valence-electron chi connectivity index (χ3n) is 1.82. The van der Waals surface area contributed by atoms with Crippen molar-refractivity contribution in [1.29, 1.82) is 0 Å². The Hall–Kier alpha value is -0.160. The first kappa shape index (κ1) is 13.8. The maximum absolute atomic E-state index is 13.0. The van der Waals surface area contributed by atoms with E-state index in [0.29, 0.717) is 16.5 Å². The lowest BCUT2D eigenvalue weighted by atomic mass is 10.1. The van der Waals surface area contributed by atoms with Gasteiger partial charge in [0.25, 0.3) is 0 Å². The molecule has 0 aliphatic rings. The predicted molar refractivity (Wildman–Crippen MR) is 60.0 cm³/mol. The Balaban J connectivity index is 0.00000169. The van der Waals surface area contributed by atoms with Crippen molar-refractivity contribution < 1.29 is 9.50 Å². The smallest absolute Gasteiger partial charge is 0.137 e. The van der Waals surface area contributed by atoms with E-state index in [1.54, 1.807) is 12.1 Å². The van der Waals surface area contributed by atoms with Gasteiger partial charge >= 0.3 is 0 Å². The molecule has 1 aromatic rings. The Labute approximate surface area is 96.8 Å². The van der Waals surface area contributed by atoms with Crippen molar-refractivity contribution in [3.05, 3.63) is 34.1 Å². The van der Waals surface area contributed by atoms with Crippen LogP contribution in [0.2, 0.25) is 0 Å². The Morgan fingerprint density at radius 1 is 1.50 bits per heavy atom. The number of hydrogen-bond donors (Lipinski definition) is 2. The maximum Gasteiger partial charge on any atom is 0.137 e. The fraction of sp³-hybridized carbons (Fsp3) is 0.333. The summed E-state index contributed by atoms with van der Waals surface area (Å²) in [5.74, 6) is -0.328. The summed E-state index contributed by atoms with van der Waals surface area (Å²) >= 11 is 3.11. The van der Waals surface area contributed by atoms with E-state index < -0.39 is 0 Å². The number of halogens is 3. The first-order valence-corrected chi connectivity index (χ1v) is 4.76. The predicted octanol–water partition coefficient (Wildman–Crippen LogP) is 2.39. The topological polar surface area (TPSA) is 46.2 Å². The third kappa shape index (κ3) is 3.20. The molecule has 1 atom stereocenters. The zero-order chi connectivity index (χ0) is 9.84. The molecule has 0 unspecified atom stereocenters. The van der Waals surface area contributed by atoms with Gasteiger partial charge in [-0.1, -0.05) is 12.1 Å². The van der Waals surface area contributed by atoms with Gasteiger partial charge in [0.05, 0.1) is 4.47 Å². The van der Waals surface area contributed by atoms with Crippen molar-refractivity contribution in [2.45, 2.75) is 12.5 Å². The van der Waals surface area contributed by atoms with E-state index in [1.807, 2.05) is 0 Å². The zero-order valence-corrected chi connectivity index (χ0v) is 9.81. The van der Waals surface area contributed by atoms with Gasteiger partial charge in [-0.2, -0.15) is 0 Å². The van der Waals surface area contributed by atoms with E-state index >= 15 is 0 Å². The molecule has 0 aromatic heterocycles. The Bertz CT molecular complexity index is 298. The molecular formula is C9H12BrClFNO. The molecule has 0 saturated heterocycles. The average Bonchev–Trinajstić information content (AvgIpc) is 2.10. The molecule has 0 heterocycles. The van der Waals surface area contributed by atoms with Gasteiger partial charge in [-0.25, -0.2) is 4.39 Å². The molecule has 0 amide bonds. The van der Waals surface area contributed by atoms with Crippen LogP contribution in [0.1, 0.15) is 18.0 Å². The molecule has 14 heavy (non-hydrogen) atoms. The number of rotatable bonds is 3. The molecule has 0 fully saturated rings. The van der Waals surface area contributed by atoms with E-state index in [0.717, 1.165) is 0 Å². The summed E-state index contributed by atoms with van der Waals surface area (Å²) in [5, 5.41) is 8.67. The molecule has 0 spiro atoms. The van der Waals surface area contributed by atoms with Crippen molar-refractivity contribution in [3.8, 4) is 0 Å². The van der Waals surface area contributed by atoms with E-state index in [4.69, 9.17) is 10.8 Å². The largest absolute Gasteiger partial charge is 0.396 e. The van der Waals surface area contributed by atoms with Gasteiger partial charge in [0, 0.05) is 12.6 Å². The van der Waals surface area contributed by atoms with Gasteiger partial charge in [-0.15, -0.1) is 12.4 Å².